The molecule has 0 aliphatic carbocycles. The van der Waals surface area contributed by atoms with Gasteiger partial charge in [0, 0.05) is 0 Å². The highest BCUT2D eigenvalue weighted by Crippen LogP contribution is 2.18. The maximum absolute atomic E-state index is 6.09. The fourth-order valence-corrected chi connectivity index (χ4v) is 5.05. The minimum absolute atomic E-state index is 0.388. The third-order valence-electron chi connectivity index (χ3n) is 6.31. The van der Waals surface area contributed by atoms with E-state index in [0.29, 0.717) is 12.2 Å². The lowest BCUT2D eigenvalue weighted by Gasteiger charge is -2.14. The van der Waals surface area contributed by atoms with E-state index in [4.69, 9.17) is 9.47 Å². The Morgan fingerprint density at radius 1 is 0.613 bits per heavy atom. The highest BCUT2D eigenvalue weighted by Gasteiger charge is 2.08. The number of hydrogen-bond donors (Lipinski definition) is 0. The Morgan fingerprint density at radius 3 is 1.42 bits per heavy atom. The van der Waals surface area contributed by atoms with Crippen molar-refractivity contribution < 1.29 is 9.47 Å². The molecule has 0 radical (unpaired) electrons. The summed E-state index contributed by atoms with van der Waals surface area (Å²) in [4.78, 5) is 0. The van der Waals surface area contributed by atoms with Crippen LogP contribution in [0.4, 0.5) is 0 Å². The second-order valence-electron chi connectivity index (χ2n) is 9.40. The number of thiophene rings is 1. The summed E-state index contributed by atoms with van der Waals surface area (Å²) in [6.07, 6.45) is 21.6. The number of rotatable bonds is 22. The van der Waals surface area contributed by atoms with Gasteiger partial charge in [-0.05, 0) is 61.4 Å². The van der Waals surface area contributed by atoms with Crippen molar-refractivity contribution in [2.24, 2.45) is 0 Å². The summed E-state index contributed by atoms with van der Waals surface area (Å²) in [6.45, 7) is 10.7. The lowest BCUT2D eigenvalue weighted by atomic mass is 10.1. The summed E-state index contributed by atoms with van der Waals surface area (Å²) in [6, 6.07) is 0. The first-order chi connectivity index (χ1) is 15.2. The van der Waals surface area contributed by atoms with Gasteiger partial charge in [-0.3, -0.25) is 0 Å². The Kier molecular flexibility index (Phi) is 18.7. The number of hydrogen-bond acceptors (Lipinski definition) is 3. The molecule has 1 rings (SSSR count). The van der Waals surface area contributed by atoms with Crippen LogP contribution in [0.1, 0.15) is 129 Å². The third-order valence-corrected chi connectivity index (χ3v) is 7.15. The quantitative estimate of drug-likeness (QED) is 0.163. The molecule has 0 aromatic carbocycles. The van der Waals surface area contributed by atoms with E-state index in [-0.39, 0.29) is 0 Å². The van der Waals surface area contributed by atoms with E-state index < -0.39 is 0 Å². The normalized spacial score (nSPS) is 13.5. The topological polar surface area (TPSA) is 18.5 Å². The van der Waals surface area contributed by atoms with Gasteiger partial charge in [-0.15, -0.1) is 0 Å². The van der Waals surface area contributed by atoms with Gasteiger partial charge in [0.2, 0.25) is 0 Å². The zero-order chi connectivity index (χ0) is 22.6. The van der Waals surface area contributed by atoms with Crippen molar-refractivity contribution in [1.29, 1.82) is 0 Å². The molecule has 0 amide bonds. The average Bonchev–Trinajstić information content (AvgIpc) is 3.20. The number of ether oxygens (including phenoxy) is 2. The highest BCUT2D eigenvalue weighted by atomic mass is 32.1. The molecule has 0 spiro atoms. The fraction of sp³-hybridized carbons (Fsp3) is 0.857. The standard InChI is InChI=1S/C28H52O2S/c1-5-7-9-11-13-15-17-25(3)29-21-19-27-23-31-24-28(27)20-22-30-26(4)18-16-14-12-10-8-6-2/h23-26H,5-22H2,1-4H3. The number of unbranched alkanes of at least 4 members (excludes halogenated alkanes) is 10. The second-order valence-corrected chi connectivity index (χ2v) is 10.1. The lowest BCUT2D eigenvalue weighted by molar-refractivity contribution is 0.0583. The van der Waals surface area contributed by atoms with E-state index in [1.54, 1.807) is 0 Å². The van der Waals surface area contributed by atoms with E-state index in [0.717, 1.165) is 26.1 Å². The van der Waals surface area contributed by atoms with Crippen LogP contribution in [-0.2, 0) is 22.3 Å². The van der Waals surface area contributed by atoms with Crippen LogP contribution in [0, 0.1) is 0 Å². The summed E-state index contributed by atoms with van der Waals surface area (Å²) in [5.41, 5.74) is 2.92. The van der Waals surface area contributed by atoms with E-state index in [1.165, 1.54) is 101 Å². The van der Waals surface area contributed by atoms with Crippen LogP contribution >= 0.6 is 11.3 Å². The predicted molar refractivity (Wildman–Crippen MR) is 139 cm³/mol. The molecule has 0 saturated heterocycles. The Balaban J connectivity index is 2.08. The van der Waals surface area contributed by atoms with Crippen LogP contribution in [0.2, 0.25) is 0 Å². The molecule has 0 saturated carbocycles. The maximum atomic E-state index is 6.09. The molecule has 0 N–H and O–H groups in total. The average molecular weight is 453 g/mol. The van der Waals surface area contributed by atoms with E-state index in [9.17, 15) is 0 Å². The van der Waals surface area contributed by atoms with Crippen LogP contribution in [0.15, 0.2) is 10.8 Å². The molecule has 0 fully saturated rings. The van der Waals surface area contributed by atoms with Crippen molar-refractivity contribution >= 4 is 11.3 Å². The van der Waals surface area contributed by atoms with Crippen LogP contribution in [-0.4, -0.2) is 25.4 Å². The Morgan fingerprint density at radius 2 is 1.00 bits per heavy atom. The van der Waals surface area contributed by atoms with Gasteiger partial charge in [0.05, 0.1) is 25.4 Å². The van der Waals surface area contributed by atoms with Crippen molar-refractivity contribution in [3.63, 3.8) is 0 Å². The summed E-state index contributed by atoms with van der Waals surface area (Å²) in [5, 5.41) is 4.60. The van der Waals surface area contributed by atoms with Crippen LogP contribution in [0.25, 0.3) is 0 Å². The van der Waals surface area contributed by atoms with Crippen LogP contribution < -0.4 is 0 Å². The Hall–Kier alpha value is -0.380. The molecule has 2 atom stereocenters. The van der Waals surface area contributed by atoms with Gasteiger partial charge in [0.1, 0.15) is 0 Å². The van der Waals surface area contributed by atoms with Crippen molar-refractivity contribution in [2.45, 2.75) is 143 Å². The van der Waals surface area contributed by atoms with Crippen molar-refractivity contribution in [3.8, 4) is 0 Å². The molecule has 1 heterocycles. The first kappa shape index (κ1) is 28.7. The molecule has 2 unspecified atom stereocenters. The van der Waals surface area contributed by atoms with Crippen LogP contribution in [0.3, 0.4) is 0 Å². The minimum Gasteiger partial charge on any atom is -0.378 e. The summed E-state index contributed by atoms with van der Waals surface area (Å²) >= 11 is 1.82. The van der Waals surface area contributed by atoms with Gasteiger partial charge in [-0.25, -0.2) is 0 Å². The molecule has 2 nitrogen and oxygen atoms in total. The molecule has 1 aromatic heterocycles. The molecular formula is C28H52O2S. The van der Waals surface area contributed by atoms with E-state index in [1.807, 2.05) is 11.3 Å². The van der Waals surface area contributed by atoms with Gasteiger partial charge in [0.25, 0.3) is 0 Å². The fourth-order valence-electron chi connectivity index (χ4n) is 4.12. The molecule has 1 aromatic rings. The molecular weight excluding hydrogens is 400 g/mol. The largest absolute Gasteiger partial charge is 0.378 e. The van der Waals surface area contributed by atoms with Gasteiger partial charge in [-0.1, -0.05) is 90.9 Å². The summed E-state index contributed by atoms with van der Waals surface area (Å²) in [5.74, 6) is 0. The molecule has 182 valence electrons. The maximum Gasteiger partial charge on any atom is 0.0547 e. The highest BCUT2D eigenvalue weighted by molar-refractivity contribution is 7.08. The van der Waals surface area contributed by atoms with Crippen LogP contribution in [0.5, 0.6) is 0 Å². The summed E-state index contributed by atoms with van der Waals surface area (Å²) < 4.78 is 12.2. The van der Waals surface area contributed by atoms with E-state index >= 15 is 0 Å². The van der Waals surface area contributed by atoms with Gasteiger partial charge < -0.3 is 9.47 Å². The van der Waals surface area contributed by atoms with Crippen molar-refractivity contribution in [1.82, 2.24) is 0 Å². The second kappa shape index (κ2) is 20.2. The molecule has 31 heavy (non-hydrogen) atoms. The third kappa shape index (κ3) is 16.0. The first-order valence-electron chi connectivity index (χ1n) is 13.4. The van der Waals surface area contributed by atoms with Crippen molar-refractivity contribution in [2.75, 3.05) is 13.2 Å². The van der Waals surface area contributed by atoms with Crippen molar-refractivity contribution in [3.05, 3.63) is 21.9 Å². The molecule has 0 aliphatic heterocycles. The van der Waals surface area contributed by atoms with Gasteiger partial charge in [-0.2, -0.15) is 11.3 Å². The predicted octanol–water partition coefficient (Wildman–Crippen LogP) is 9.14. The Bertz CT molecular complexity index is 456. The van der Waals surface area contributed by atoms with Gasteiger partial charge in [0.15, 0.2) is 0 Å². The molecule has 0 bridgehead atoms. The minimum atomic E-state index is 0.388. The first-order valence-corrected chi connectivity index (χ1v) is 14.4. The summed E-state index contributed by atoms with van der Waals surface area (Å²) in [7, 11) is 0. The zero-order valence-corrected chi connectivity index (χ0v) is 22.1. The monoisotopic (exact) mass is 452 g/mol. The van der Waals surface area contributed by atoms with Gasteiger partial charge >= 0.3 is 0 Å². The SMILES string of the molecule is CCCCCCCCC(C)OCCc1cscc1CCOC(C)CCCCCCCC. The molecule has 3 heteroatoms. The van der Waals surface area contributed by atoms with E-state index in [2.05, 4.69) is 38.5 Å². The Labute approximate surface area is 198 Å². The molecule has 0 aliphatic rings. The smallest absolute Gasteiger partial charge is 0.0547 e. The zero-order valence-electron chi connectivity index (χ0n) is 21.3. The lowest BCUT2D eigenvalue weighted by Crippen LogP contribution is -2.12.